The van der Waals surface area contributed by atoms with Crippen LogP contribution in [0.4, 0.5) is 4.79 Å². The molecule has 1 atom stereocenters. The Labute approximate surface area is 105 Å². The molecule has 100 valence electrons. The molecular weight excluding hydrogens is 236 g/mol. The van der Waals surface area contributed by atoms with Gasteiger partial charge in [0, 0.05) is 17.8 Å². The van der Waals surface area contributed by atoms with Crippen molar-refractivity contribution >= 4 is 12.0 Å². The van der Waals surface area contributed by atoms with Gasteiger partial charge < -0.3 is 15.7 Å². The number of rotatable bonds is 6. The first kappa shape index (κ1) is 14.0. The molecule has 0 aliphatic carbocycles. The fraction of sp³-hybridized carbons (Fsp3) is 0.545. The van der Waals surface area contributed by atoms with Gasteiger partial charge in [0.2, 0.25) is 0 Å². The highest BCUT2D eigenvalue weighted by Gasteiger charge is 2.18. The molecule has 0 bridgehead atoms. The number of aliphatic carboxylic acids is 1. The molecule has 1 heterocycles. The Kier molecular flexibility index (Phi) is 5.16. The van der Waals surface area contributed by atoms with Gasteiger partial charge in [0.25, 0.3) is 0 Å². The van der Waals surface area contributed by atoms with E-state index < -0.39 is 18.0 Å². The zero-order chi connectivity index (χ0) is 13.5. The van der Waals surface area contributed by atoms with Gasteiger partial charge >= 0.3 is 12.0 Å². The number of urea groups is 1. The minimum atomic E-state index is -1.02. The third-order valence-electron chi connectivity index (χ3n) is 2.55. The van der Waals surface area contributed by atoms with Crippen LogP contribution >= 0.6 is 0 Å². The summed E-state index contributed by atoms with van der Waals surface area (Å²) in [4.78, 5) is 22.4. The maximum Gasteiger partial charge on any atom is 0.326 e. The maximum atomic E-state index is 11.5. The first-order valence-electron chi connectivity index (χ1n) is 5.80. The smallest absolute Gasteiger partial charge is 0.326 e. The fourth-order valence-electron chi connectivity index (χ4n) is 1.48. The Bertz CT molecular complexity index is 416. The van der Waals surface area contributed by atoms with Crippen molar-refractivity contribution < 1.29 is 14.7 Å². The molecule has 7 heteroatoms. The largest absolute Gasteiger partial charge is 0.480 e. The Morgan fingerprint density at radius 1 is 1.56 bits per heavy atom. The average molecular weight is 254 g/mol. The first-order chi connectivity index (χ1) is 8.54. The van der Waals surface area contributed by atoms with Crippen LogP contribution in [-0.4, -0.2) is 33.3 Å². The molecule has 0 spiro atoms. The van der Waals surface area contributed by atoms with Gasteiger partial charge in [-0.05, 0) is 13.3 Å². The summed E-state index contributed by atoms with van der Waals surface area (Å²) in [5.41, 5.74) is 1.74. The number of hydrogen-bond acceptors (Lipinski definition) is 3. The molecule has 1 unspecified atom stereocenters. The van der Waals surface area contributed by atoms with Crippen LogP contribution in [0.3, 0.4) is 0 Å². The monoisotopic (exact) mass is 254 g/mol. The van der Waals surface area contributed by atoms with Gasteiger partial charge in [0.15, 0.2) is 0 Å². The molecule has 1 aromatic rings. The van der Waals surface area contributed by atoms with Gasteiger partial charge in [-0.2, -0.15) is 5.10 Å². The predicted molar refractivity (Wildman–Crippen MR) is 65.0 cm³/mol. The SMILES string of the molecule is CCCC(NC(=O)NCc1cn[nH]c1C)C(=O)O. The number of aryl methyl sites for hydroxylation is 1. The molecule has 7 nitrogen and oxygen atoms in total. The Morgan fingerprint density at radius 2 is 2.28 bits per heavy atom. The Hall–Kier alpha value is -2.05. The van der Waals surface area contributed by atoms with E-state index in [9.17, 15) is 9.59 Å². The molecule has 0 saturated heterocycles. The molecule has 18 heavy (non-hydrogen) atoms. The summed E-state index contributed by atoms with van der Waals surface area (Å²) in [6, 6.07) is -1.34. The standard InChI is InChI=1S/C11H18N4O3/c1-3-4-9(10(16)17)14-11(18)12-5-8-6-13-15-7(8)2/h6,9H,3-5H2,1-2H3,(H,13,15)(H,16,17)(H2,12,14,18). The van der Waals surface area contributed by atoms with Crippen molar-refractivity contribution in [2.24, 2.45) is 0 Å². The van der Waals surface area contributed by atoms with Gasteiger partial charge in [-0.15, -0.1) is 0 Å². The number of aromatic nitrogens is 2. The van der Waals surface area contributed by atoms with Crippen LogP contribution in [0.15, 0.2) is 6.20 Å². The van der Waals surface area contributed by atoms with Crippen LogP contribution in [0.25, 0.3) is 0 Å². The second kappa shape index (κ2) is 6.63. The molecule has 0 fully saturated rings. The third kappa shape index (κ3) is 4.08. The van der Waals surface area contributed by atoms with E-state index in [1.807, 2.05) is 13.8 Å². The van der Waals surface area contributed by atoms with Gasteiger partial charge in [-0.3, -0.25) is 5.10 Å². The van der Waals surface area contributed by atoms with Crippen molar-refractivity contribution in [3.8, 4) is 0 Å². The number of aromatic amines is 1. The van der Waals surface area contributed by atoms with Crippen molar-refractivity contribution in [3.63, 3.8) is 0 Å². The van der Waals surface area contributed by atoms with E-state index in [1.165, 1.54) is 0 Å². The van der Waals surface area contributed by atoms with Gasteiger partial charge in [0.1, 0.15) is 6.04 Å². The summed E-state index contributed by atoms with van der Waals surface area (Å²) >= 11 is 0. The summed E-state index contributed by atoms with van der Waals surface area (Å²) < 4.78 is 0. The highest BCUT2D eigenvalue weighted by atomic mass is 16.4. The number of H-pyrrole nitrogens is 1. The molecule has 1 rings (SSSR count). The number of amides is 2. The van der Waals surface area contributed by atoms with Crippen molar-refractivity contribution in [1.82, 2.24) is 20.8 Å². The fourth-order valence-corrected chi connectivity index (χ4v) is 1.48. The summed E-state index contributed by atoms with van der Waals surface area (Å²) in [6.45, 7) is 4.02. The topological polar surface area (TPSA) is 107 Å². The molecular formula is C11H18N4O3. The van der Waals surface area contributed by atoms with Gasteiger partial charge in [-0.25, -0.2) is 9.59 Å². The van der Waals surface area contributed by atoms with Crippen molar-refractivity contribution in [3.05, 3.63) is 17.5 Å². The molecule has 0 aromatic carbocycles. The Balaban J connectivity index is 2.41. The zero-order valence-electron chi connectivity index (χ0n) is 10.5. The van der Waals surface area contributed by atoms with Crippen LogP contribution < -0.4 is 10.6 Å². The van der Waals surface area contributed by atoms with Crippen molar-refractivity contribution in [2.45, 2.75) is 39.3 Å². The summed E-state index contributed by atoms with van der Waals surface area (Å²) in [7, 11) is 0. The summed E-state index contributed by atoms with van der Waals surface area (Å²) in [5.74, 6) is -1.02. The minimum absolute atomic E-state index is 0.312. The van der Waals surface area contributed by atoms with E-state index in [2.05, 4.69) is 20.8 Å². The van der Waals surface area contributed by atoms with E-state index >= 15 is 0 Å². The highest BCUT2D eigenvalue weighted by Crippen LogP contribution is 2.01. The van der Waals surface area contributed by atoms with Crippen molar-refractivity contribution in [1.29, 1.82) is 0 Å². The lowest BCUT2D eigenvalue weighted by molar-refractivity contribution is -0.139. The number of carbonyl (C=O) groups is 2. The lowest BCUT2D eigenvalue weighted by Crippen LogP contribution is -2.45. The van der Waals surface area contributed by atoms with Crippen LogP contribution in [0.1, 0.15) is 31.0 Å². The zero-order valence-corrected chi connectivity index (χ0v) is 10.5. The van der Waals surface area contributed by atoms with Gasteiger partial charge in [-0.1, -0.05) is 13.3 Å². The molecule has 1 aromatic heterocycles. The minimum Gasteiger partial charge on any atom is -0.480 e. The quantitative estimate of drug-likeness (QED) is 0.601. The number of nitrogens with one attached hydrogen (secondary N) is 3. The van der Waals surface area contributed by atoms with E-state index in [-0.39, 0.29) is 0 Å². The second-order valence-electron chi connectivity index (χ2n) is 4.03. The molecule has 0 aliphatic heterocycles. The maximum absolute atomic E-state index is 11.5. The Morgan fingerprint density at radius 3 is 2.78 bits per heavy atom. The number of nitrogens with zero attached hydrogens (tertiary/aromatic N) is 1. The third-order valence-corrected chi connectivity index (χ3v) is 2.55. The molecule has 2 amide bonds. The number of carboxylic acid groups (broad SMARTS) is 1. The number of hydrogen-bond donors (Lipinski definition) is 4. The van der Waals surface area contributed by atoms with Crippen LogP contribution in [-0.2, 0) is 11.3 Å². The molecule has 0 radical (unpaired) electrons. The van der Waals surface area contributed by atoms with E-state index in [1.54, 1.807) is 6.20 Å². The van der Waals surface area contributed by atoms with E-state index in [4.69, 9.17) is 5.11 Å². The van der Waals surface area contributed by atoms with E-state index in [0.717, 1.165) is 11.3 Å². The summed E-state index contributed by atoms with van der Waals surface area (Å²) in [6.07, 6.45) is 2.72. The highest BCUT2D eigenvalue weighted by molar-refractivity contribution is 5.82. The number of carboxylic acids is 1. The molecule has 0 saturated carbocycles. The first-order valence-corrected chi connectivity index (χ1v) is 5.80. The normalized spacial score (nSPS) is 11.9. The second-order valence-corrected chi connectivity index (χ2v) is 4.03. The van der Waals surface area contributed by atoms with Crippen LogP contribution in [0.5, 0.6) is 0 Å². The lowest BCUT2D eigenvalue weighted by Gasteiger charge is -2.14. The van der Waals surface area contributed by atoms with Crippen LogP contribution in [0.2, 0.25) is 0 Å². The molecule has 4 N–H and O–H groups in total. The van der Waals surface area contributed by atoms with E-state index in [0.29, 0.717) is 19.4 Å². The lowest BCUT2D eigenvalue weighted by atomic mass is 10.2. The van der Waals surface area contributed by atoms with Crippen molar-refractivity contribution in [2.75, 3.05) is 0 Å². The average Bonchev–Trinajstić information content (AvgIpc) is 2.71. The summed E-state index contributed by atoms with van der Waals surface area (Å²) in [5, 5.41) is 20.5. The number of carbonyl (C=O) groups excluding carboxylic acids is 1. The predicted octanol–water partition coefficient (Wildman–Crippen LogP) is 0.771. The van der Waals surface area contributed by atoms with Crippen LogP contribution in [0, 0.1) is 6.92 Å². The molecule has 0 aliphatic rings. The van der Waals surface area contributed by atoms with Gasteiger partial charge in [0.05, 0.1) is 6.20 Å².